The number of rotatable bonds is 6. The molecule has 8 nitrogen and oxygen atoms in total. The van der Waals surface area contributed by atoms with E-state index in [1.807, 2.05) is 60.7 Å². The number of aromatic nitrogens is 4. The highest BCUT2D eigenvalue weighted by Crippen LogP contribution is 2.57. The summed E-state index contributed by atoms with van der Waals surface area (Å²) < 4.78 is 22.3. The van der Waals surface area contributed by atoms with Crippen LogP contribution in [0.4, 0.5) is 0 Å². The van der Waals surface area contributed by atoms with E-state index in [1.165, 1.54) is 21.8 Å². The molecule has 76 heavy (non-hydrogen) atoms. The maximum atomic E-state index is 14.5. The second-order valence-electron chi connectivity index (χ2n) is 20.9. The number of fused-ring (bicyclic) bond motifs is 19. The second-order valence-corrected chi connectivity index (χ2v) is 20.9. The Morgan fingerprint density at radius 1 is 0.421 bits per heavy atom. The molecule has 0 bridgehead atoms. The molecule has 1 unspecified atom stereocenters. The van der Waals surface area contributed by atoms with E-state index in [4.69, 9.17) is 9.47 Å². The zero-order chi connectivity index (χ0) is 49.7. The van der Waals surface area contributed by atoms with Gasteiger partial charge < -0.3 is 27.7 Å². The van der Waals surface area contributed by atoms with Gasteiger partial charge in [-0.1, -0.05) is 170 Å². The summed E-state index contributed by atoms with van der Waals surface area (Å²) in [7, 11) is 0. The topological polar surface area (TPSA) is 72.3 Å². The van der Waals surface area contributed by atoms with Crippen LogP contribution in [-0.2, 0) is 22.7 Å². The van der Waals surface area contributed by atoms with E-state index in [0.717, 1.165) is 121 Å². The quantitative estimate of drug-likeness (QED) is 0.123. The molecule has 0 radical (unpaired) electrons. The smallest absolute Gasteiger partial charge is 0.338 e. The molecule has 0 spiro atoms. The summed E-state index contributed by atoms with van der Waals surface area (Å²) in [6.07, 6.45) is 0. The number of carbonyl (C=O) groups is 2. The molecule has 10 aromatic carbocycles. The molecule has 354 valence electrons. The van der Waals surface area contributed by atoms with Gasteiger partial charge in [-0.25, -0.2) is 9.59 Å². The van der Waals surface area contributed by atoms with Gasteiger partial charge in [-0.2, -0.15) is 0 Å². The molecule has 4 aromatic heterocycles. The zero-order valence-corrected chi connectivity index (χ0v) is 40.6. The number of hydrogen-bond acceptors (Lipinski definition) is 4. The van der Waals surface area contributed by atoms with E-state index in [1.54, 1.807) is 0 Å². The van der Waals surface area contributed by atoms with Crippen molar-refractivity contribution in [1.29, 1.82) is 0 Å². The predicted molar refractivity (Wildman–Crippen MR) is 303 cm³/mol. The van der Waals surface area contributed by atoms with Crippen molar-refractivity contribution >= 4 is 106 Å². The van der Waals surface area contributed by atoms with Crippen molar-refractivity contribution < 1.29 is 19.1 Å². The lowest BCUT2D eigenvalue weighted by atomic mass is 9.45. The fourth-order valence-electron chi connectivity index (χ4n) is 14.3. The summed E-state index contributed by atoms with van der Waals surface area (Å²) in [5, 5.41) is 6.95. The number of esters is 2. The first-order valence-electron chi connectivity index (χ1n) is 26.0. The molecule has 0 saturated heterocycles. The van der Waals surface area contributed by atoms with Gasteiger partial charge in [0.15, 0.2) is 0 Å². The third-order valence-corrected chi connectivity index (χ3v) is 17.2. The first-order chi connectivity index (χ1) is 37.6. The van der Waals surface area contributed by atoms with E-state index >= 15 is 0 Å². The van der Waals surface area contributed by atoms with Gasteiger partial charge in [0.2, 0.25) is 0 Å². The molecule has 14 aromatic rings. The highest BCUT2D eigenvalue weighted by atomic mass is 16.5. The Morgan fingerprint density at radius 2 is 0.947 bits per heavy atom. The van der Waals surface area contributed by atoms with E-state index in [2.05, 4.69) is 164 Å². The summed E-state index contributed by atoms with van der Waals surface area (Å²) in [6.45, 7) is 0.104. The van der Waals surface area contributed by atoms with Crippen molar-refractivity contribution in [2.45, 2.75) is 19.3 Å². The van der Waals surface area contributed by atoms with Crippen LogP contribution in [0.1, 0.15) is 49.0 Å². The molecule has 4 aliphatic rings. The fraction of sp³-hybridized carbons (Fsp3) is 0.0448. The lowest BCUT2D eigenvalue weighted by molar-refractivity contribution is 0.0464. The third kappa shape index (κ3) is 5.00. The number of nitrogens with zero attached hydrogens (tertiary/aromatic N) is 4. The van der Waals surface area contributed by atoms with Crippen LogP contribution in [0.3, 0.4) is 0 Å². The molecule has 0 N–H and O–H groups in total. The van der Waals surface area contributed by atoms with Gasteiger partial charge >= 0.3 is 18.8 Å². The molecular weight excluding hydrogens is 936 g/mol. The molecule has 8 heterocycles. The van der Waals surface area contributed by atoms with E-state index in [-0.39, 0.29) is 38.0 Å². The van der Waals surface area contributed by atoms with E-state index in [9.17, 15) is 9.59 Å². The zero-order valence-electron chi connectivity index (χ0n) is 40.6. The summed E-state index contributed by atoms with van der Waals surface area (Å²) in [5.41, 5.74) is 22.8. The molecule has 18 rings (SSSR count). The van der Waals surface area contributed by atoms with Crippen LogP contribution in [0.2, 0.25) is 0 Å². The van der Waals surface area contributed by atoms with Crippen LogP contribution in [0, 0.1) is 0 Å². The van der Waals surface area contributed by atoms with Crippen molar-refractivity contribution in [2.75, 3.05) is 0 Å². The van der Waals surface area contributed by atoms with Crippen LogP contribution in [0.5, 0.6) is 0 Å². The molecule has 0 amide bonds. The number of para-hydroxylation sites is 6. The van der Waals surface area contributed by atoms with Gasteiger partial charge in [0.05, 0.1) is 61.5 Å². The normalized spacial score (nSPS) is 14.1. The molecule has 0 saturated carbocycles. The summed E-state index contributed by atoms with van der Waals surface area (Å²) >= 11 is 0. The predicted octanol–water partition coefficient (Wildman–Crippen LogP) is 13.5. The monoisotopic (exact) mass is 974 g/mol. The van der Waals surface area contributed by atoms with Gasteiger partial charge in [0.1, 0.15) is 13.2 Å². The summed E-state index contributed by atoms with van der Waals surface area (Å²) in [6, 6.07) is 72.1. The molecule has 0 fully saturated rings. The van der Waals surface area contributed by atoms with Gasteiger partial charge in [0.25, 0.3) is 0 Å². The van der Waals surface area contributed by atoms with Crippen molar-refractivity contribution in [3.8, 4) is 33.6 Å². The Hall–Kier alpha value is -9.86. The van der Waals surface area contributed by atoms with E-state index < -0.39 is 0 Å². The third-order valence-electron chi connectivity index (χ3n) is 17.2. The number of hydrogen-bond donors (Lipinski definition) is 0. The lowest BCUT2D eigenvalue weighted by Gasteiger charge is -2.36. The van der Waals surface area contributed by atoms with E-state index in [0.29, 0.717) is 11.1 Å². The number of carbonyl (C=O) groups excluding carboxylic acids is 2. The highest BCUT2D eigenvalue weighted by molar-refractivity contribution is 6.90. The maximum Gasteiger partial charge on any atom is 0.338 e. The van der Waals surface area contributed by atoms with Crippen LogP contribution in [0.25, 0.3) is 110 Å². The first-order valence-corrected chi connectivity index (χ1v) is 26.0. The number of benzene rings is 10. The Bertz CT molecular complexity index is 4690. The number of ether oxygens (including phenoxy) is 2. The van der Waals surface area contributed by atoms with Crippen LogP contribution >= 0.6 is 0 Å². The second kappa shape index (κ2) is 14.5. The van der Waals surface area contributed by atoms with Crippen LogP contribution < -0.4 is 10.9 Å². The Morgan fingerprint density at radius 3 is 1.63 bits per heavy atom. The van der Waals surface area contributed by atoms with Crippen LogP contribution in [-0.4, -0.2) is 37.0 Å². The average Bonchev–Trinajstić information content (AvgIpc) is 4.07. The minimum Gasteiger partial charge on any atom is -0.457 e. The molecule has 9 heteroatoms. The molecule has 1 atom stereocenters. The average molecular weight is 975 g/mol. The Balaban J connectivity index is 0.949. The highest BCUT2D eigenvalue weighted by Gasteiger charge is 2.46. The van der Waals surface area contributed by atoms with Gasteiger partial charge in [-0.05, 0) is 69.6 Å². The molecule has 0 aliphatic carbocycles. The van der Waals surface area contributed by atoms with Crippen molar-refractivity contribution in [1.82, 2.24) is 18.2 Å². The molecular formula is C67H39BN4O4. The van der Waals surface area contributed by atoms with Crippen LogP contribution in [0.15, 0.2) is 206 Å². The maximum absolute atomic E-state index is 14.5. The van der Waals surface area contributed by atoms with Gasteiger partial charge in [0, 0.05) is 65.8 Å². The SMILES string of the molecule is O=C(OCc1ccccc1)c1cc2c3c(c1)-n1c4ccccc4c4cccc(c41)B3n1c3c-2cccc3c2c1c1cccc3c1n2C1c2c-3cc(C(=O)OCc3ccccc3)cc2-n2c3ccccc3c3cccc1c32. The summed E-state index contributed by atoms with van der Waals surface area (Å²) in [4.78, 5) is 29.1. The first kappa shape index (κ1) is 40.6. The van der Waals surface area contributed by atoms with Gasteiger partial charge in [-0.15, -0.1) is 0 Å². The lowest BCUT2D eigenvalue weighted by Crippen LogP contribution is -2.55. The standard InChI is InChI=1S/C67H39BN4O4/c73-66(75-35-37-15-3-1-4-16-37)39-31-50-45-22-12-26-48-60(45)71(63-47-25-11-21-43-41-19-7-9-29-53(41)69(59(43)47)55(33-39)57(50)63)64-49-27-13-23-46-51-32-40(67(74)76-36-38-17-5-2-6-18-38)34-56-58(51)68(72(61(46)49)65(48)64)52-28-14-24-44-42-20-8-10-30-54(42)70(56)62(44)52/h1-34,63H,35-36H2. The minimum atomic E-state index is -0.359. The Labute approximate surface area is 433 Å². The molecule has 4 aliphatic heterocycles. The van der Waals surface area contributed by atoms with Gasteiger partial charge in [-0.3, -0.25) is 0 Å². The largest absolute Gasteiger partial charge is 0.457 e. The fourth-order valence-corrected chi connectivity index (χ4v) is 14.3. The minimum absolute atomic E-state index is 0.177. The Kier molecular flexibility index (Phi) is 7.73. The van der Waals surface area contributed by atoms with Crippen molar-refractivity contribution in [3.05, 3.63) is 240 Å². The summed E-state index contributed by atoms with van der Waals surface area (Å²) in [5.74, 6) is -0.718. The van der Waals surface area contributed by atoms with Crippen molar-refractivity contribution in [3.63, 3.8) is 0 Å². The van der Waals surface area contributed by atoms with Crippen molar-refractivity contribution in [2.24, 2.45) is 0 Å².